The van der Waals surface area contributed by atoms with Crippen molar-refractivity contribution in [2.75, 3.05) is 0 Å². The average molecular weight is 82.0 g/mol. The first kappa shape index (κ1) is 33.8. The lowest BCUT2D eigenvalue weighted by Crippen LogP contribution is -0.925. The van der Waals surface area contributed by atoms with Crippen molar-refractivity contribution in [3.05, 3.63) is 0 Å². The molecule has 0 amide bonds. The van der Waals surface area contributed by atoms with Gasteiger partial charge in [0, 0.05) is 0 Å². The van der Waals surface area contributed by atoms with E-state index in [0.29, 0.717) is 0 Å². The number of rotatable bonds is 0. The Morgan fingerprint density at radius 3 is 1.25 bits per heavy atom. The highest BCUT2D eigenvalue weighted by molar-refractivity contribution is 6.92. The van der Waals surface area contributed by atoms with Crippen LogP contribution < -0.4 is 0 Å². The summed E-state index contributed by atoms with van der Waals surface area (Å²) < 4.78 is 0. The van der Waals surface area contributed by atoms with Gasteiger partial charge in [-0.2, -0.15) is 9.90 Å². The lowest BCUT2D eigenvalue weighted by molar-refractivity contribution is -0.0979. The number of carbonyl (C=O) groups excluding carboxylic acids is 1. The number of carbonyl (C=O) groups is 1. The van der Waals surface area contributed by atoms with Crippen LogP contribution in [0, 0.1) is 0 Å². The summed E-state index contributed by atoms with van der Waals surface area (Å²) in [5.41, 5.74) is 0. The highest BCUT2D eigenvalue weighted by Crippen LogP contribution is 0.861. The first-order chi connectivity index (χ1) is 1.00. The molecule has 0 rings (SSSR count). The normalized spacial score (nSPS) is 1.00. The molecule has 1 unspecified atom stereocenters. The van der Waals surface area contributed by atoms with E-state index in [9.17, 15) is 0 Å². The third-order valence-corrected chi connectivity index (χ3v) is 0. The van der Waals surface area contributed by atoms with Crippen LogP contribution in [-0.4, -0.2) is 12.3 Å². The first-order valence-corrected chi connectivity index (χ1v) is 0.289. The average Bonchev–Trinajstić information content (AvgIpc) is 1.00. The van der Waals surface area contributed by atoms with E-state index < -0.39 is 0 Å². The molecular formula is CH7O2P. The van der Waals surface area contributed by atoms with Gasteiger partial charge in [-0.1, -0.05) is 0 Å². The molecule has 0 aliphatic heterocycles. The molecule has 0 bridgehead atoms. The van der Waals surface area contributed by atoms with Crippen LogP contribution in [0.3, 0.4) is 0 Å². The third-order valence-electron chi connectivity index (χ3n) is 0. The van der Waals surface area contributed by atoms with Gasteiger partial charge in [0.15, 0.2) is 0 Å². The Balaban J connectivity index is -0.00000000500. The summed E-state index contributed by atoms with van der Waals surface area (Å²) in [7, 11) is 0. The molecule has 0 aromatic heterocycles. The predicted molar refractivity (Wildman–Crippen MR) is 21.8 cm³/mol. The maximum Gasteiger partial charge on any atom is 0.106 e. The van der Waals surface area contributed by atoms with Gasteiger partial charge in [0.1, 0.15) is 6.79 Å². The Morgan fingerprint density at radius 2 is 1.25 bits per heavy atom. The maximum absolute atomic E-state index is 8.00. The van der Waals surface area contributed by atoms with Crippen LogP contribution in [0.15, 0.2) is 0 Å². The van der Waals surface area contributed by atoms with Crippen LogP contribution in [-0.2, 0) is 4.79 Å². The highest BCUT2D eigenvalue weighted by Gasteiger charge is 0.636. The monoisotopic (exact) mass is 82.0 g/mol. The van der Waals surface area contributed by atoms with Crippen LogP contribution in [0.5, 0.6) is 0 Å². The third kappa shape index (κ3) is 643. The SMILES string of the molecule is C=O.O.P. The minimum Gasteiger partial charge on any atom is -0.412 e. The minimum atomic E-state index is 0. The number of hydrogen-bond acceptors (Lipinski definition) is 1. The van der Waals surface area contributed by atoms with Crippen molar-refractivity contribution in [3.63, 3.8) is 0 Å². The molecule has 3 heteroatoms. The predicted octanol–water partition coefficient (Wildman–Crippen LogP) is -0.952. The zero-order valence-corrected chi connectivity index (χ0v) is 3.74. The second-order valence-electron chi connectivity index (χ2n) is 0. The lowest BCUT2D eigenvalue weighted by atomic mass is 11.9. The summed E-state index contributed by atoms with van der Waals surface area (Å²) >= 11 is 0. The van der Waals surface area contributed by atoms with E-state index in [2.05, 4.69) is 0 Å². The molecule has 28 valence electrons. The van der Waals surface area contributed by atoms with Gasteiger partial charge in [-0.3, -0.25) is 0 Å². The molecule has 0 aromatic rings. The minimum absolute atomic E-state index is 0. The van der Waals surface area contributed by atoms with Crippen molar-refractivity contribution in [1.29, 1.82) is 0 Å². The number of hydrogen-bond donors (Lipinski definition) is 0. The van der Waals surface area contributed by atoms with Crippen molar-refractivity contribution >= 4 is 16.7 Å². The highest BCUT2D eigenvalue weighted by atomic mass is 31.0. The molecule has 2 nitrogen and oxygen atoms in total. The molecule has 1 atom stereocenters. The van der Waals surface area contributed by atoms with E-state index in [-0.39, 0.29) is 15.4 Å². The zero-order valence-electron chi connectivity index (χ0n) is 2.32. The van der Waals surface area contributed by atoms with E-state index in [1.165, 1.54) is 0 Å². The Kier molecular flexibility index (Phi) is 30500. The molecule has 0 aromatic carbocycles. The van der Waals surface area contributed by atoms with Crippen LogP contribution in [0.25, 0.3) is 0 Å². The molecule has 4 heavy (non-hydrogen) atoms. The van der Waals surface area contributed by atoms with Crippen LogP contribution in [0.4, 0.5) is 0 Å². The topological polar surface area (TPSA) is 48.6 Å². The molecule has 0 aliphatic rings. The smallest absolute Gasteiger partial charge is 0.106 e. The summed E-state index contributed by atoms with van der Waals surface area (Å²) in [6.45, 7) is 2.00. The van der Waals surface area contributed by atoms with Crippen molar-refractivity contribution in [2.24, 2.45) is 0 Å². The van der Waals surface area contributed by atoms with Crippen LogP contribution >= 0.6 is 9.90 Å². The van der Waals surface area contributed by atoms with Crippen molar-refractivity contribution in [2.45, 2.75) is 0 Å². The van der Waals surface area contributed by atoms with Gasteiger partial charge in [0.05, 0.1) is 0 Å². The standard InChI is InChI=1S/CH2O.H2O.H3P/c1-2;;/h1H2;1H2;1H3. The second-order valence-corrected chi connectivity index (χ2v) is 0. The van der Waals surface area contributed by atoms with Gasteiger partial charge in [0.25, 0.3) is 0 Å². The van der Waals surface area contributed by atoms with E-state index in [1.54, 1.807) is 0 Å². The molecule has 2 N–H and O–H groups in total. The largest absolute Gasteiger partial charge is 0.412 e. The van der Waals surface area contributed by atoms with E-state index in [4.69, 9.17) is 4.79 Å². The van der Waals surface area contributed by atoms with E-state index in [1.807, 2.05) is 6.79 Å². The fourth-order valence-corrected chi connectivity index (χ4v) is 0. The summed E-state index contributed by atoms with van der Waals surface area (Å²) in [5.74, 6) is 0. The van der Waals surface area contributed by atoms with Gasteiger partial charge < -0.3 is 10.3 Å². The Morgan fingerprint density at radius 1 is 1.25 bits per heavy atom. The van der Waals surface area contributed by atoms with Crippen molar-refractivity contribution in [3.8, 4) is 0 Å². The summed E-state index contributed by atoms with van der Waals surface area (Å²) in [5, 5.41) is 0. The molecule has 0 radical (unpaired) electrons. The zero-order chi connectivity index (χ0) is 2.00. The molecule has 0 aliphatic carbocycles. The maximum atomic E-state index is 8.00. The van der Waals surface area contributed by atoms with E-state index >= 15 is 0 Å². The Hall–Kier alpha value is 0.0600. The van der Waals surface area contributed by atoms with Crippen molar-refractivity contribution < 1.29 is 10.3 Å². The molecular weight excluding hydrogens is 75.0 g/mol. The molecule has 0 heterocycles. The fraction of sp³-hybridized carbons (Fsp3) is 0. The van der Waals surface area contributed by atoms with E-state index in [0.717, 1.165) is 0 Å². The van der Waals surface area contributed by atoms with Gasteiger partial charge in [-0.25, -0.2) is 0 Å². The molecule has 0 spiro atoms. The van der Waals surface area contributed by atoms with Crippen molar-refractivity contribution in [1.82, 2.24) is 0 Å². The van der Waals surface area contributed by atoms with Gasteiger partial charge >= 0.3 is 0 Å². The second kappa shape index (κ2) is 3610. The molecule has 0 saturated carbocycles. The van der Waals surface area contributed by atoms with Gasteiger partial charge in [0.2, 0.25) is 0 Å². The quantitative estimate of drug-likeness (QED) is 0.347. The summed E-state index contributed by atoms with van der Waals surface area (Å²) in [4.78, 5) is 8.00. The first-order valence-electron chi connectivity index (χ1n) is 0.289. The van der Waals surface area contributed by atoms with Crippen LogP contribution in [0.1, 0.15) is 0 Å². The Bertz CT molecular complexity index is 6.00. The molecule has 0 saturated heterocycles. The van der Waals surface area contributed by atoms with Gasteiger partial charge in [-0.15, -0.1) is 0 Å². The van der Waals surface area contributed by atoms with Gasteiger partial charge in [-0.05, 0) is 0 Å². The summed E-state index contributed by atoms with van der Waals surface area (Å²) in [6, 6.07) is 0. The summed E-state index contributed by atoms with van der Waals surface area (Å²) in [6.07, 6.45) is 0. The Labute approximate surface area is 28.1 Å². The van der Waals surface area contributed by atoms with Crippen LogP contribution in [0.2, 0.25) is 0 Å². The molecule has 0 fully saturated rings. The lowest BCUT2D eigenvalue weighted by Gasteiger charge is -0.837. The fourth-order valence-electron chi connectivity index (χ4n) is 0.